The van der Waals surface area contributed by atoms with Gasteiger partial charge >= 0.3 is 0 Å². The summed E-state index contributed by atoms with van der Waals surface area (Å²) in [4.78, 5) is 31.2. The molecule has 0 radical (unpaired) electrons. The van der Waals surface area contributed by atoms with Crippen LogP contribution in [-0.4, -0.2) is 16.0 Å². The molecule has 0 aliphatic heterocycles. The fourth-order valence-electron chi connectivity index (χ4n) is 14.9. The van der Waals surface area contributed by atoms with Gasteiger partial charge in [-0.05, 0) is 119 Å². The van der Waals surface area contributed by atoms with E-state index < -0.39 is 17.3 Å². The van der Waals surface area contributed by atoms with Crippen LogP contribution in [0, 0.1) is 0 Å². The van der Waals surface area contributed by atoms with Gasteiger partial charge in [-0.15, -0.1) is 0 Å². The van der Waals surface area contributed by atoms with E-state index in [1.54, 1.807) is 0 Å². The first kappa shape index (κ1) is 37.3. The van der Waals surface area contributed by atoms with E-state index in [0.717, 1.165) is 77.2 Å². The number of nitrogens with zero attached hydrogens (tertiary/aromatic N) is 1. The second kappa shape index (κ2) is 12.9. The predicted molar refractivity (Wildman–Crippen MR) is 278 cm³/mol. The minimum atomic E-state index is -0.646. The molecule has 10 aromatic carbocycles. The third-order valence-corrected chi connectivity index (χ3v) is 17.5. The Morgan fingerprint density at radius 3 is 1.21 bits per heavy atom. The first-order chi connectivity index (χ1) is 34.6. The van der Waals surface area contributed by atoms with Gasteiger partial charge in [-0.1, -0.05) is 182 Å². The predicted octanol–water partition coefficient (Wildman–Crippen LogP) is 14.8. The van der Waals surface area contributed by atoms with E-state index in [1.165, 1.54) is 61.0 Å². The van der Waals surface area contributed by atoms with Gasteiger partial charge < -0.3 is 4.40 Å². The molecule has 0 saturated carbocycles. The smallest absolute Gasteiger partial charge is 0.175 e. The first-order valence-electron chi connectivity index (χ1n) is 24.6. The minimum Gasteiger partial charge on any atom is -0.308 e. The molecule has 12 aromatic rings. The van der Waals surface area contributed by atoms with E-state index >= 15 is 9.59 Å². The van der Waals surface area contributed by atoms with Crippen LogP contribution in [-0.2, 0) is 5.41 Å². The minimum absolute atomic E-state index is 0.0962. The van der Waals surface area contributed by atoms with E-state index in [1.807, 2.05) is 0 Å². The lowest BCUT2D eigenvalue weighted by Crippen LogP contribution is -2.28. The highest BCUT2D eigenvalue weighted by Crippen LogP contribution is 2.62. The summed E-state index contributed by atoms with van der Waals surface area (Å²) in [6, 6.07) is 77.4. The van der Waals surface area contributed by atoms with Gasteiger partial charge in [-0.25, -0.2) is 0 Å². The molecule has 0 fully saturated rings. The van der Waals surface area contributed by atoms with Gasteiger partial charge in [0.2, 0.25) is 0 Å². The lowest BCUT2D eigenvalue weighted by molar-refractivity contribution is 0.0966. The number of hydrogen-bond acceptors (Lipinski definition) is 2. The van der Waals surface area contributed by atoms with Crippen LogP contribution < -0.4 is 0 Å². The van der Waals surface area contributed by atoms with Crippen LogP contribution in [0.4, 0.5) is 0 Å². The third-order valence-electron chi connectivity index (χ3n) is 17.5. The molecule has 0 atom stereocenters. The molecule has 70 heavy (non-hydrogen) atoms. The van der Waals surface area contributed by atoms with Crippen molar-refractivity contribution in [3.63, 3.8) is 0 Å². The van der Waals surface area contributed by atoms with Gasteiger partial charge in [0.05, 0.1) is 33.8 Å². The van der Waals surface area contributed by atoms with E-state index in [4.69, 9.17) is 0 Å². The van der Waals surface area contributed by atoms with Crippen molar-refractivity contribution >= 4 is 49.7 Å². The second-order valence-electron chi connectivity index (χ2n) is 20.3. The molecule has 2 heterocycles. The SMILES string of the molecule is O=C1c2cc3c(cc2C2c4ccccc4C1c1ccccc12)c1cc2c(c4c5cc6c(cc5n3c14)C(=O)C1c3ccccc3C6c3ccccc31)-c1ccccc1C2(c1ccccc1)c1ccccc1. The van der Waals surface area contributed by atoms with Crippen LogP contribution in [0.1, 0.15) is 122 Å². The van der Waals surface area contributed by atoms with Crippen molar-refractivity contribution in [2.75, 3.05) is 0 Å². The van der Waals surface area contributed by atoms with Crippen LogP contribution >= 0.6 is 0 Å². The van der Waals surface area contributed by atoms with Crippen molar-refractivity contribution in [3.8, 4) is 11.1 Å². The Bertz CT molecular complexity index is 4230. The molecule has 19 rings (SSSR count). The monoisotopic (exact) mass is 889 g/mol. The first-order valence-corrected chi connectivity index (χ1v) is 24.6. The molecular weight excluding hydrogens is 851 g/mol. The summed E-state index contributed by atoms with van der Waals surface area (Å²) in [5, 5.41) is 4.58. The average Bonchev–Trinajstić information content (AvgIpc) is 3.93. The van der Waals surface area contributed by atoms with Crippen molar-refractivity contribution in [2.24, 2.45) is 0 Å². The van der Waals surface area contributed by atoms with Crippen molar-refractivity contribution in [2.45, 2.75) is 29.1 Å². The molecule has 3 nitrogen and oxygen atoms in total. The molecule has 7 aliphatic rings. The number of benzene rings is 10. The molecule has 0 unspecified atom stereocenters. The lowest BCUT2D eigenvalue weighted by Gasteiger charge is -2.34. The number of carbonyl (C=O) groups is 2. The van der Waals surface area contributed by atoms with Crippen molar-refractivity contribution < 1.29 is 9.59 Å². The van der Waals surface area contributed by atoms with E-state index in [2.05, 4.69) is 217 Å². The summed E-state index contributed by atoms with van der Waals surface area (Å²) in [5.74, 6) is -0.708. The summed E-state index contributed by atoms with van der Waals surface area (Å²) in [6.45, 7) is 0. The molecule has 7 aliphatic carbocycles. The standard InChI is InChI=1S/C67H39NO2/c69-65-51-34-56-47(31-48(51)58-38-21-7-11-25-42(38)60(65)43-26-12-8-22-39(43)58)50-33-55-62(46-29-15-16-30-54(46)67(55,36-17-3-1-4-18-36)37-19-5-2-6-20-37)63-53-32-49-52(35-57(53)68(56)64(50)63)66(70)61-44-27-13-9-23-40(44)59(49)41-24-10-14-28-45(41)61/h1-35,58-61H. The van der Waals surface area contributed by atoms with Gasteiger partial charge in [0.25, 0.3) is 0 Å². The van der Waals surface area contributed by atoms with Gasteiger partial charge in [0.1, 0.15) is 0 Å². The Labute approximate surface area is 403 Å². The molecule has 324 valence electrons. The maximum Gasteiger partial charge on any atom is 0.175 e. The largest absolute Gasteiger partial charge is 0.308 e. The molecule has 3 heteroatoms. The summed E-state index contributed by atoms with van der Waals surface area (Å²) < 4.78 is 2.44. The zero-order chi connectivity index (χ0) is 45.7. The molecule has 0 saturated heterocycles. The van der Waals surface area contributed by atoms with Crippen LogP contribution in [0.15, 0.2) is 212 Å². The molecule has 0 amide bonds. The normalized spacial score (nSPS) is 19.3. The fraction of sp³-hybridized carbons (Fsp3) is 0.0746. The number of carbonyl (C=O) groups excluding carboxylic acids is 2. The highest BCUT2D eigenvalue weighted by atomic mass is 16.1. The van der Waals surface area contributed by atoms with Crippen LogP contribution in [0.2, 0.25) is 0 Å². The molecular formula is C67H39NO2. The quantitative estimate of drug-likeness (QED) is 0.173. The summed E-state index contributed by atoms with van der Waals surface area (Å²) >= 11 is 0. The third kappa shape index (κ3) is 4.24. The molecule has 0 N–H and O–H groups in total. The molecule has 4 bridgehead atoms. The van der Waals surface area contributed by atoms with Crippen LogP contribution in [0.5, 0.6) is 0 Å². The number of fused-ring (bicyclic) bond motifs is 10. The van der Waals surface area contributed by atoms with Gasteiger partial charge in [0, 0.05) is 44.5 Å². The number of hydrogen-bond donors (Lipinski definition) is 0. The zero-order valence-electron chi connectivity index (χ0n) is 37.8. The summed E-state index contributed by atoms with van der Waals surface area (Å²) in [7, 11) is 0. The number of aromatic nitrogens is 1. The summed E-state index contributed by atoms with van der Waals surface area (Å²) in [5.41, 5.74) is 22.8. The highest BCUT2D eigenvalue weighted by molar-refractivity contribution is 6.30. The van der Waals surface area contributed by atoms with E-state index in [9.17, 15) is 0 Å². The molecule has 0 spiro atoms. The highest BCUT2D eigenvalue weighted by Gasteiger charge is 2.49. The average molecular weight is 890 g/mol. The van der Waals surface area contributed by atoms with Gasteiger partial charge in [-0.2, -0.15) is 0 Å². The maximum atomic E-state index is 15.6. The number of Topliss-reactive ketones (excluding diaryl/α,β-unsaturated/α-hetero) is 2. The van der Waals surface area contributed by atoms with E-state index in [-0.39, 0.29) is 23.4 Å². The molecule has 2 aromatic heterocycles. The number of rotatable bonds is 2. The Hall–Kier alpha value is -8.66. The van der Waals surface area contributed by atoms with Gasteiger partial charge in [-0.3, -0.25) is 9.59 Å². The Kier molecular flexibility index (Phi) is 6.88. The Morgan fingerprint density at radius 1 is 0.329 bits per heavy atom. The van der Waals surface area contributed by atoms with Gasteiger partial charge in [0.15, 0.2) is 11.6 Å². The fourth-order valence-corrected chi connectivity index (χ4v) is 14.9. The maximum absolute atomic E-state index is 15.6. The summed E-state index contributed by atoms with van der Waals surface area (Å²) in [6.07, 6.45) is 0. The Morgan fingerprint density at radius 2 is 0.729 bits per heavy atom. The topological polar surface area (TPSA) is 38.5 Å². The second-order valence-corrected chi connectivity index (χ2v) is 20.3. The van der Waals surface area contributed by atoms with Crippen LogP contribution in [0.25, 0.3) is 49.2 Å². The number of ketones is 2. The van der Waals surface area contributed by atoms with E-state index in [0.29, 0.717) is 0 Å². The van der Waals surface area contributed by atoms with Crippen molar-refractivity contribution in [3.05, 3.63) is 301 Å². The van der Waals surface area contributed by atoms with Crippen molar-refractivity contribution in [1.82, 2.24) is 4.40 Å². The van der Waals surface area contributed by atoms with Crippen molar-refractivity contribution in [1.29, 1.82) is 0 Å². The van der Waals surface area contributed by atoms with Crippen LogP contribution in [0.3, 0.4) is 0 Å². The lowest BCUT2D eigenvalue weighted by atomic mass is 9.67. The zero-order valence-corrected chi connectivity index (χ0v) is 37.8. The Balaban J connectivity index is 1.08.